The van der Waals surface area contributed by atoms with Crippen LogP contribution in [0.3, 0.4) is 0 Å². The van der Waals surface area contributed by atoms with E-state index in [-0.39, 0.29) is 0 Å². The number of nitrogens with two attached hydrogens (primary N) is 1. The van der Waals surface area contributed by atoms with Crippen LogP contribution in [0.15, 0.2) is 30.6 Å². The fourth-order valence-corrected chi connectivity index (χ4v) is 2.00. The van der Waals surface area contributed by atoms with Gasteiger partial charge >= 0.3 is 0 Å². The molecule has 5 heteroatoms. The van der Waals surface area contributed by atoms with Crippen LogP contribution in [-0.2, 0) is 0 Å². The molecule has 3 heterocycles. The normalized spacial score (nSPS) is 11.0. The first-order valence-electron chi connectivity index (χ1n) is 5.70. The quantitative estimate of drug-likeness (QED) is 0.705. The molecule has 0 radical (unpaired) electrons. The summed E-state index contributed by atoms with van der Waals surface area (Å²) in [5, 5.41) is 0. The summed E-state index contributed by atoms with van der Waals surface area (Å²) in [6, 6.07) is 5.78. The molecule has 0 bridgehead atoms. The van der Waals surface area contributed by atoms with E-state index >= 15 is 0 Å². The third kappa shape index (κ3) is 1.52. The minimum absolute atomic E-state index is 0.604. The third-order valence-electron chi connectivity index (χ3n) is 2.90. The minimum atomic E-state index is 0.604. The number of nitrogens with zero attached hydrogens (tertiary/aromatic N) is 4. The minimum Gasteiger partial charge on any atom is -0.383 e. The number of fused-ring (bicyclic) bond motifs is 1. The van der Waals surface area contributed by atoms with E-state index in [4.69, 9.17) is 5.73 Å². The SMILES string of the molecule is Cc1nccc(-c2nc3c(C)cccn3c2N)n1. The second-order valence-corrected chi connectivity index (χ2v) is 4.22. The van der Waals surface area contributed by atoms with Crippen molar-refractivity contribution < 1.29 is 0 Å². The molecule has 0 aliphatic carbocycles. The van der Waals surface area contributed by atoms with Gasteiger partial charge in [0.2, 0.25) is 0 Å². The van der Waals surface area contributed by atoms with Crippen molar-refractivity contribution in [1.29, 1.82) is 0 Å². The zero-order valence-corrected chi connectivity index (χ0v) is 10.3. The number of anilines is 1. The van der Waals surface area contributed by atoms with Crippen molar-refractivity contribution in [2.45, 2.75) is 13.8 Å². The number of nitrogen functional groups attached to an aromatic ring is 1. The highest BCUT2D eigenvalue weighted by Gasteiger charge is 2.13. The molecule has 3 aromatic rings. The van der Waals surface area contributed by atoms with Crippen LogP contribution in [0.5, 0.6) is 0 Å². The Morgan fingerprint density at radius 3 is 2.72 bits per heavy atom. The predicted octanol–water partition coefficient (Wildman–Crippen LogP) is 1.99. The summed E-state index contributed by atoms with van der Waals surface area (Å²) >= 11 is 0. The summed E-state index contributed by atoms with van der Waals surface area (Å²) < 4.78 is 1.88. The van der Waals surface area contributed by atoms with Gasteiger partial charge in [-0.05, 0) is 31.5 Å². The Hall–Kier alpha value is -2.43. The number of rotatable bonds is 1. The van der Waals surface area contributed by atoms with Crippen LogP contribution in [0.4, 0.5) is 5.82 Å². The molecule has 3 rings (SSSR count). The zero-order chi connectivity index (χ0) is 12.7. The van der Waals surface area contributed by atoms with Gasteiger partial charge in [-0.1, -0.05) is 6.07 Å². The van der Waals surface area contributed by atoms with Gasteiger partial charge in [-0.25, -0.2) is 15.0 Å². The predicted molar refractivity (Wildman–Crippen MR) is 70.1 cm³/mol. The monoisotopic (exact) mass is 239 g/mol. The van der Waals surface area contributed by atoms with Crippen molar-refractivity contribution in [2.24, 2.45) is 0 Å². The van der Waals surface area contributed by atoms with Crippen molar-refractivity contribution in [3.63, 3.8) is 0 Å². The van der Waals surface area contributed by atoms with Crippen molar-refractivity contribution in [1.82, 2.24) is 19.4 Å². The molecule has 5 nitrogen and oxygen atoms in total. The van der Waals surface area contributed by atoms with E-state index in [2.05, 4.69) is 15.0 Å². The lowest BCUT2D eigenvalue weighted by molar-refractivity contribution is 1.05. The molecule has 0 aliphatic rings. The second-order valence-electron chi connectivity index (χ2n) is 4.22. The molecular weight excluding hydrogens is 226 g/mol. The van der Waals surface area contributed by atoms with Crippen LogP contribution < -0.4 is 5.73 Å². The van der Waals surface area contributed by atoms with Gasteiger partial charge in [0.15, 0.2) is 0 Å². The summed E-state index contributed by atoms with van der Waals surface area (Å²) in [5.74, 6) is 1.31. The molecule has 0 amide bonds. The lowest BCUT2D eigenvalue weighted by atomic mass is 10.3. The second kappa shape index (κ2) is 3.80. The first kappa shape index (κ1) is 10.7. The highest BCUT2D eigenvalue weighted by atomic mass is 15.1. The molecule has 0 saturated carbocycles. The topological polar surface area (TPSA) is 69.1 Å². The van der Waals surface area contributed by atoms with Crippen LogP contribution in [0, 0.1) is 13.8 Å². The van der Waals surface area contributed by atoms with Gasteiger partial charge in [-0.3, -0.25) is 4.40 Å². The van der Waals surface area contributed by atoms with Crippen molar-refractivity contribution in [3.05, 3.63) is 42.0 Å². The standard InChI is InChI=1S/C13H13N5/c1-8-4-3-7-18-12(14)11(17-13(8)18)10-5-6-15-9(2)16-10/h3-7H,14H2,1-2H3. The maximum atomic E-state index is 6.13. The summed E-state index contributed by atoms with van der Waals surface area (Å²) in [4.78, 5) is 13.0. The van der Waals surface area contributed by atoms with Gasteiger partial charge in [0.1, 0.15) is 23.0 Å². The largest absolute Gasteiger partial charge is 0.383 e. The van der Waals surface area contributed by atoms with E-state index in [0.717, 1.165) is 16.9 Å². The third-order valence-corrected chi connectivity index (χ3v) is 2.90. The van der Waals surface area contributed by atoms with E-state index in [1.807, 2.05) is 42.6 Å². The highest BCUT2D eigenvalue weighted by Crippen LogP contribution is 2.25. The first-order valence-corrected chi connectivity index (χ1v) is 5.70. The maximum Gasteiger partial charge on any atom is 0.142 e. The molecule has 0 aliphatic heterocycles. The molecule has 0 fully saturated rings. The molecule has 0 saturated heterocycles. The smallest absolute Gasteiger partial charge is 0.142 e. The van der Waals surface area contributed by atoms with Crippen LogP contribution in [0.1, 0.15) is 11.4 Å². The molecule has 0 unspecified atom stereocenters. The van der Waals surface area contributed by atoms with Crippen molar-refractivity contribution in [3.8, 4) is 11.4 Å². The summed E-state index contributed by atoms with van der Waals surface area (Å²) in [5.41, 5.74) is 9.53. The number of imidazole rings is 1. The Morgan fingerprint density at radius 1 is 1.17 bits per heavy atom. The number of aryl methyl sites for hydroxylation is 2. The fraction of sp³-hybridized carbons (Fsp3) is 0.154. The van der Waals surface area contributed by atoms with Crippen molar-refractivity contribution >= 4 is 11.5 Å². The Kier molecular flexibility index (Phi) is 2.26. The van der Waals surface area contributed by atoms with Crippen molar-refractivity contribution in [2.75, 3.05) is 5.73 Å². The lowest BCUT2D eigenvalue weighted by Gasteiger charge is -1.99. The van der Waals surface area contributed by atoms with Crippen LogP contribution >= 0.6 is 0 Å². The zero-order valence-electron chi connectivity index (χ0n) is 10.3. The molecule has 0 atom stereocenters. The van der Waals surface area contributed by atoms with Crippen LogP contribution in [0.25, 0.3) is 17.0 Å². The fourth-order valence-electron chi connectivity index (χ4n) is 2.00. The average molecular weight is 239 g/mol. The van der Waals surface area contributed by atoms with Crippen LogP contribution in [0.2, 0.25) is 0 Å². The average Bonchev–Trinajstić information content (AvgIpc) is 2.69. The van der Waals surface area contributed by atoms with Gasteiger partial charge in [0.05, 0.1) is 5.69 Å². The number of hydrogen-bond donors (Lipinski definition) is 1. The van der Waals surface area contributed by atoms with E-state index in [0.29, 0.717) is 17.3 Å². The number of pyridine rings is 1. The Bertz CT molecular complexity index is 729. The maximum absolute atomic E-state index is 6.13. The summed E-state index contributed by atoms with van der Waals surface area (Å²) in [7, 11) is 0. The molecular formula is C13H13N5. The summed E-state index contributed by atoms with van der Waals surface area (Å²) in [6.07, 6.45) is 3.62. The van der Waals surface area contributed by atoms with E-state index < -0.39 is 0 Å². The van der Waals surface area contributed by atoms with Gasteiger partial charge in [-0.15, -0.1) is 0 Å². The molecule has 0 spiro atoms. The summed E-state index contributed by atoms with van der Waals surface area (Å²) in [6.45, 7) is 3.86. The number of aromatic nitrogens is 4. The Morgan fingerprint density at radius 2 is 2.00 bits per heavy atom. The molecule has 18 heavy (non-hydrogen) atoms. The molecule has 90 valence electrons. The molecule has 0 aromatic carbocycles. The van der Waals surface area contributed by atoms with Gasteiger partial charge in [-0.2, -0.15) is 0 Å². The first-order chi connectivity index (χ1) is 8.66. The van der Waals surface area contributed by atoms with E-state index in [9.17, 15) is 0 Å². The number of hydrogen-bond acceptors (Lipinski definition) is 4. The van der Waals surface area contributed by atoms with Gasteiger partial charge in [0, 0.05) is 12.4 Å². The van der Waals surface area contributed by atoms with Crippen LogP contribution in [-0.4, -0.2) is 19.4 Å². The lowest BCUT2D eigenvalue weighted by Crippen LogP contribution is -1.96. The van der Waals surface area contributed by atoms with Gasteiger partial charge < -0.3 is 5.73 Å². The highest BCUT2D eigenvalue weighted by molar-refractivity contribution is 5.73. The Balaban J connectivity index is 2.30. The van der Waals surface area contributed by atoms with E-state index in [1.165, 1.54) is 0 Å². The van der Waals surface area contributed by atoms with E-state index in [1.54, 1.807) is 6.20 Å². The molecule has 2 N–H and O–H groups in total. The van der Waals surface area contributed by atoms with Gasteiger partial charge in [0.25, 0.3) is 0 Å². The molecule has 3 aromatic heterocycles. The Labute approximate surface area is 104 Å².